The Labute approximate surface area is 161 Å². The fourth-order valence-corrected chi connectivity index (χ4v) is 4.09. The molecule has 3 nitrogen and oxygen atoms in total. The lowest BCUT2D eigenvalue weighted by Crippen LogP contribution is -2.34. The van der Waals surface area contributed by atoms with Crippen molar-refractivity contribution in [1.29, 1.82) is 0 Å². The van der Waals surface area contributed by atoms with Crippen molar-refractivity contribution in [2.24, 2.45) is 5.92 Å². The van der Waals surface area contributed by atoms with Gasteiger partial charge in [-0.2, -0.15) is 0 Å². The normalized spacial score (nSPS) is 15.2. The zero-order valence-electron chi connectivity index (χ0n) is 16.0. The van der Waals surface area contributed by atoms with Crippen molar-refractivity contribution in [2.75, 3.05) is 23.3 Å². The van der Waals surface area contributed by atoms with E-state index in [0.717, 1.165) is 35.8 Å². The molecular weight excluding hydrogens is 344 g/mol. The summed E-state index contributed by atoms with van der Waals surface area (Å²) in [7, 11) is 0. The highest BCUT2D eigenvalue weighted by Gasteiger charge is 2.22. The number of nitrogens with zero attached hydrogens (tertiary/aromatic N) is 1. The lowest BCUT2D eigenvalue weighted by molar-refractivity contribution is 0.102. The summed E-state index contributed by atoms with van der Waals surface area (Å²) in [6.07, 6.45) is 2.44. The summed E-state index contributed by atoms with van der Waals surface area (Å²) in [6, 6.07) is 9.23. The van der Waals surface area contributed by atoms with Gasteiger partial charge < -0.3 is 10.2 Å². The molecule has 0 aliphatic carbocycles. The van der Waals surface area contributed by atoms with Crippen molar-refractivity contribution in [3.05, 3.63) is 57.6 Å². The van der Waals surface area contributed by atoms with Crippen LogP contribution in [0.4, 0.5) is 11.4 Å². The topological polar surface area (TPSA) is 32.3 Å². The number of benzene rings is 2. The van der Waals surface area contributed by atoms with Gasteiger partial charge >= 0.3 is 0 Å². The van der Waals surface area contributed by atoms with E-state index in [1.165, 1.54) is 24.1 Å². The van der Waals surface area contributed by atoms with Gasteiger partial charge in [0.05, 0.1) is 0 Å². The van der Waals surface area contributed by atoms with E-state index in [9.17, 15) is 4.79 Å². The van der Waals surface area contributed by atoms with Crippen LogP contribution in [0.25, 0.3) is 0 Å². The first-order chi connectivity index (χ1) is 12.4. The molecule has 0 aromatic heterocycles. The van der Waals surface area contributed by atoms with Gasteiger partial charge in [0.2, 0.25) is 0 Å². The summed E-state index contributed by atoms with van der Waals surface area (Å²) in [5.74, 6) is 0.667. The molecule has 26 heavy (non-hydrogen) atoms. The maximum absolute atomic E-state index is 12.7. The molecular formula is C22H27ClN2O. The lowest BCUT2D eigenvalue weighted by Gasteiger charge is -2.35. The highest BCUT2D eigenvalue weighted by atomic mass is 35.5. The van der Waals surface area contributed by atoms with Crippen LogP contribution in [-0.4, -0.2) is 19.0 Å². The molecule has 1 fully saturated rings. The summed E-state index contributed by atoms with van der Waals surface area (Å²) < 4.78 is 0. The third-order valence-corrected chi connectivity index (χ3v) is 5.59. The molecule has 1 aliphatic rings. The van der Waals surface area contributed by atoms with E-state index in [0.29, 0.717) is 10.6 Å². The standard InChI is InChI=1S/C22H27ClN2O/c1-14-8-10-25(11-9-14)21-16(3)12-15(2)20(17(21)4)24-22(26)18-6-5-7-19(23)13-18/h5-7,12-14H,8-11H2,1-4H3,(H,24,26). The minimum absolute atomic E-state index is 0.124. The number of amides is 1. The Hall–Kier alpha value is -2.00. The van der Waals surface area contributed by atoms with Gasteiger partial charge in [0, 0.05) is 35.1 Å². The number of carbonyl (C=O) groups is 1. The highest BCUT2D eigenvalue weighted by Crippen LogP contribution is 2.36. The van der Waals surface area contributed by atoms with Crippen molar-refractivity contribution in [3.8, 4) is 0 Å². The predicted octanol–water partition coefficient (Wildman–Crippen LogP) is 5.75. The molecule has 1 N–H and O–H groups in total. The van der Waals surface area contributed by atoms with Crippen molar-refractivity contribution in [3.63, 3.8) is 0 Å². The van der Waals surface area contributed by atoms with Gasteiger partial charge in [-0.05, 0) is 74.4 Å². The number of hydrogen-bond donors (Lipinski definition) is 1. The first-order valence-corrected chi connectivity index (χ1v) is 9.67. The van der Waals surface area contributed by atoms with Crippen LogP contribution in [0.1, 0.15) is 46.8 Å². The van der Waals surface area contributed by atoms with E-state index in [2.05, 4.69) is 44.0 Å². The van der Waals surface area contributed by atoms with Gasteiger partial charge in [-0.15, -0.1) is 0 Å². The molecule has 4 heteroatoms. The monoisotopic (exact) mass is 370 g/mol. The molecule has 0 spiro atoms. The Morgan fingerprint density at radius 3 is 2.46 bits per heavy atom. The second-order valence-corrected chi connectivity index (χ2v) is 7.93. The Bertz CT molecular complexity index is 823. The number of carbonyl (C=O) groups excluding carboxylic acids is 1. The maximum Gasteiger partial charge on any atom is 0.255 e. The number of nitrogens with one attached hydrogen (secondary N) is 1. The summed E-state index contributed by atoms with van der Waals surface area (Å²) in [5, 5.41) is 3.68. The van der Waals surface area contributed by atoms with Crippen LogP contribution < -0.4 is 10.2 Å². The molecule has 1 saturated heterocycles. The van der Waals surface area contributed by atoms with Crippen LogP contribution in [0.3, 0.4) is 0 Å². The molecule has 3 rings (SSSR count). The quantitative estimate of drug-likeness (QED) is 0.745. The second kappa shape index (κ2) is 7.71. The lowest BCUT2D eigenvalue weighted by atomic mass is 9.95. The average Bonchev–Trinajstić information content (AvgIpc) is 2.60. The number of halogens is 1. The maximum atomic E-state index is 12.7. The number of aryl methyl sites for hydroxylation is 2. The SMILES string of the molecule is Cc1cc(C)c(N2CCC(C)CC2)c(C)c1NC(=O)c1cccc(Cl)c1. The number of rotatable bonds is 3. The Morgan fingerprint density at radius 1 is 1.12 bits per heavy atom. The van der Waals surface area contributed by atoms with Gasteiger partial charge in [-0.25, -0.2) is 0 Å². The van der Waals surface area contributed by atoms with Crippen molar-refractivity contribution < 1.29 is 4.79 Å². The summed E-state index contributed by atoms with van der Waals surface area (Å²) in [6.45, 7) is 10.8. The molecule has 1 amide bonds. The van der Waals surface area contributed by atoms with Crippen LogP contribution in [-0.2, 0) is 0 Å². The molecule has 1 heterocycles. The van der Waals surface area contributed by atoms with Crippen molar-refractivity contribution in [2.45, 2.75) is 40.5 Å². The van der Waals surface area contributed by atoms with Crippen molar-refractivity contribution in [1.82, 2.24) is 0 Å². The minimum Gasteiger partial charge on any atom is -0.371 e. The third kappa shape index (κ3) is 3.88. The number of piperidine rings is 1. The first kappa shape index (κ1) is 18.8. The second-order valence-electron chi connectivity index (χ2n) is 7.49. The van der Waals surface area contributed by atoms with Crippen molar-refractivity contribution >= 4 is 28.9 Å². The van der Waals surface area contributed by atoms with Crippen LogP contribution in [0.15, 0.2) is 30.3 Å². The predicted molar refractivity (Wildman–Crippen MR) is 111 cm³/mol. The molecule has 0 bridgehead atoms. The smallest absolute Gasteiger partial charge is 0.255 e. The number of hydrogen-bond acceptors (Lipinski definition) is 2. The zero-order valence-corrected chi connectivity index (χ0v) is 16.8. The Kier molecular flexibility index (Phi) is 5.57. The number of anilines is 2. The summed E-state index contributed by atoms with van der Waals surface area (Å²) in [5.41, 5.74) is 6.26. The zero-order chi connectivity index (χ0) is 18.8. The highest BCUT2D eigenvalue weighted by molar-refractivity contribution is 6.31. The van der Waals surface area contributed by atoms with Gasteiger partial charge in [-0.3, -0.25) is 4.79 Å². The molecule has 138 valence electrons. The molecule has 1 aliphatic heterocycles. The van der Waals surface area contributed by atoms with Crippen LogP contribution in [0.5, 0.6) is 0 Å². The summed E-state index contributed by atoms with van der Waals surface area (Å²) >= 11 is 6.03. The molecule has 0 unspecified atom stereocenters. The van der Waals surface area contributed by atoms with Crippen LogP contribution >= 0.6 is 11.6 Å². The molecule has 0 atom stereocenters. The Balaban J connectivity index is 1.92. The van der Waals surface area contributed by atoms with E-state index >= 15 is 0 Å². The molecule has 0 radical (unpaired) electrons. The van der Waals surface area contributed by atoms with E-state index in [1.807, 2.05) is 0 Å². The first-order valence-electron chi connectivity index (χ1n) is 9.29. The molecule has 2 aromatic carbocycles. The fourth-order valence-electron chi connectivity index (χ4n) is 3.90. The van der Waals surface area contributed by atoms with Crippen LogP contribution in [0.2, 0.25) is 5.02 Å². The molecule has 2 aromatic rings. The Morgan fingerprint density at radius 2 is 1.81 bits per heavy atom. The van der Waals surface area contributed by atoms with E-state index in [1.54, 1.807) is 24.3 Å². The van der Waals surface area contributed by atoms with Gasteiger partial charge in [0.1, 0.15) is 0 Å². The van der Waals surface area contributed by atoms with Crippen LogP contribution in [0, 0.1) is 26.7 Å². The van der Waals surface area contributed by atoms with E-state index in [4.69, 9.17) is 11.6 Å². The van der Waals surface area contributed by atoms with E-state index < -0.39 is 0 Å². The largest absolute Gasteiger partial charge is 0.371 e. The van der Waals surface area contributed by atoms with E-state index in [-0.39, 0.29) is 5.91 Å². The average molecular weight is 371 g/mol. The van der Waals surface area contributed by atoms with Gasteiger partial charge in [0.25, 0.3) is 5.91 Å². The minimum atomic E-state index is -0.124. The molecule has 0 saturated carbocycles. The third-order valence-electron chi connectivity index (χ3n) is 5.36. The summed E-state index contributed by atoms with van der Waals surface area (Å²) in [4.78, 5) is 15.2. The van der Waals surface area contributed by atoms with Gasteiger partial charge in [0.15, 0.2) is 0 Å². The van der Waals surface area contributed by atoms with Gasteiger partial charge in [-0.1, -0.05) is 30.7 Å². The fraction of sp³-hybridized carbons (Fsp3) is 0.409.